The minimum Gasteiger partial charge on any atom is -0.349 e. The van der Waals surface area contributed by atoms with Gasteiger partial charge in [-0.2, -0.15) is 0 Å². The molecule has 5 heteroatoms. The van der Waals surface area contributed by atoms with Crippen LogP contribution in [0.4, 0.5) is 10.5 Å². The lowest BCUT2D eigenvalue weighted by Gasteiger charge is -2.19. The van der Waals surface area contributed by atoms with E-state index in [4.69, 9.17) is 0 Å². The van der Waals surface area contributed by atoms with Crippen molar-refractivity contribution < 1.29 is 9.59 Å². The lowest BCUT2D eigenvalue weighted by molar-refractivity contribution is 0.0938. The van der Waals surface area contributed by atoms with Crippen molar-refractivity contribution in [2.24, 2.45) is 0 Å². The number of rotatable bonds is 5. The minimum absolute atomic E-state index is 0.0338. The van der Waals surface area contributed by atoms with E-state index in [1.807, 2.05) is 13.8 Å². The van der Waals surface area contributed by atoms with Crippen molar-refractivity contribution in [3.05, 3.63) is 29.8 Å². The number of amides is 3. The molecule has 0 aliphatic heterocycles. The van der Waals surface area contributed by atoms with Crippen molar-refractivity contribution in [3.63, 3.8) is 0 Å². The SMILES string of the molecule is CCN(CC)C(=O)Nc1ccc(C(=O)NC2CCCC2)cc1. The van der Waals surface area contributed by atoms with E-state index in [2.05, 4.69) is 10.6 Å². The van der Waals surface area contributed by atoms with E-state index in [0.717, 1.165) is 12.8 Å². The maximum Gasteiger partial charge on any atom is 0.321 e. The number of anilines is 1. The van der Waals surface area contributed by atoms with Gasteiger partial charge < -0.3 is 15.5 Å². The third kappa shape index (κ3) is 4.23. The highest BCUT2D eigenvalue weighted by Crippen LogP contribution is 2.18. The number of urea groups is 1. The summed E-state index contributed by atoms with van der Waals surface area (Å²) in [5.74, 6) is -0.0338. The van der Waals surface area contributed by atoms with Crippen LogP contribution in [0.3, 0.4) is 0 Å². The molecule has 0 atom stereocenters. The zero-order valence-electron chi connectivity index (χ0n) is 13.4. The number of benzene rings is 1. The Labute approximate surface area is 132 Å². The van der Waals surface area contributed by atoms with Crippen molar-refractivity contribution in [2.75, 3.05) is 18.4 Å². The van der Waals surface area contributed by atoms with E-state index in [9.17, 15) is 9.59 Å². The van der Waals surface area contributed by atoms with E-state index in [1.54, 1.807) is 29.2 Å². The van der Waals surface area contributed by atoms with Gasteiger partial charge in [-0.15, -0.1) is 0 Å². The highest BCUT2D eigenvalue weighted by Gasteiger charge is 2.18. The van der Waals surface area contributed by atoms with Crippen LogP contribution in [0.5, 0.6) is 0 Å². The fourth-order valence-corrected chi connectivity index (χ4v) is 2.76. The van der Waals surface area contributed by atoms with Gasteiger partial charge in [0.15, 0.2) is 0 Å². The third-order valence-electron chi connectivity index (χ3n) is 4.14. The summed E-state index contributed by atoms with van der Waals surface area (Å²) in [5.41, 5.74) is 1.34. The molecule has 1 aromatic carbocycles. The quantitative estimate of drug-likeness (QED) is 0.877. The molecule has 2 N–H and O–H groups in total. The first-order valence-corrected chi connectivity index (χ1v) is 8.11. The first-order chi connectivity index (χ1) is 10.6. The summed E-state index contributed by atoms with van der Waals surface area (Å²) in [6.45, 7) is 5.23. The van der Waals surface area contributed by atoms with Gasteiger partial charge in [0.25, 0.3) is 5.91 Å². The molecule has 1 aliphatic rings. The lowest BCUT2D eigenvalue weighted by Crippen LogP contribution is -2.34. The Morgan fingerprint density at radius 3 is 2.23 bits per heavy atom. The molecule has 0 bridgehead atoms. The van der Waals surface area contributed by atoms with Crippen LogP contribution in [0, 0.1) is 0 Å². The molecule has 120 valence electrons. The Bertz CT molecular complexity index is 503. The number of hydrogen-bond donors (Lipinski definition) is 2. The summed E-state index contributed by atoms with van der Waals surface area (Å²) < 4.78 is 0. The number of carbonyl (C=O) groups is 2. The topological polar surface area (TPSA) is 61.4 Å². The number of nitrogens with one attached hydrogen (secondary N) is 2. The normalized spacial score (nSPS) is 14.6. The molecule has 2 rings (SSSR count). The van der Waals surface area contributed by atoms with Crippen LogP contribution in [0.2, 0.25) is 0 Å². The monoisotopic (exact) mass is 303 g/mol. The van der Waals surface area contributed by atoms with Gasteiger partial charge in [-0.25, -0.2) is 4.79 Å². The zero-order chi connectivity index (χ0) is 15.9. The van der Waals surface area contributed by atoms with E-state index in [-0.39, 0.29) is 11.9 Å². The van der Waals surface area contributed by atoms with E-state index < -0.39 is 0 Å². The first kappa shape index (κ1) is 16.3. The molecule has 3 amide bonds. The van der Waals surface area contributed by atoms with Gasteiger partial charge in [0, 0.05) is 30.4 Å². The molecule has 0 aromatic heterocycles. The Hall–Kier alpha value is -2.04. The van der Waals surface area contributed by atoms with Crippen molar-refractivity contribution in [1.29, 1.82) is 0 Å². The fourth-order valence-electron chi connectivity index (χ4n) is 2.76. The highest BCUT2D eigenvalue weighted by molar-refractivity contribution is 5.95. The van der Waals surface area contributed by atoms with E-state index in [0.29, 0.717) is 30.4 Å². The van der Waals surface area contributed by atoms with Gasteiger partial charge in [-0.1, -0.05) is 12.8 Å². The molecule has 1 fully saturated rings. The second-order valence-corrected chi connectivity index (χ2v) is 5.63. The van der Waals surface area contributed by atoms with Crippen LogP contribution in [0.15, 0.2) is 24.3 Å². The van der Waals surface area contributed by atoms with Gasteiger partial charge in [-0.05, 0) is 51.0 Å². The lowest BCUT2D eigenvalue weighted by atomic mass is 10.1. The molecule has 1 saturated carbocycles. The molecular formula is C17H25N3O2. The van der Waals surface area contributed by atoms with Gasteiger partial charge in [0.05, 0.1) is 0 Å². The molecule has 0 spiro atoms. The van der Waals surface area contributed by atoms with E-state index >= 15 is 0 Å². The van der Waals surface area contributed by atoms with E-state index in [1.165, 1.54) is 12.8 Å². The Morgan fingerprint density at radius 2 is 1.68 bits per heavy atom. The van der Waals surface area contributed by atoms with Crippen molar-refractivity contribution >= 4 is 17.6 Å². The highest BCUT2D eigenvalue weighted by atomic mass is 16.2. The summed E-state index contributed by atoms with van der Waals surface area (Å²) in [6.07, 6.45) is 4.54. The van der Waals surface area contributed by atoms with Gasteiger partial charge in [0.1, 0.15) is 0 Å². The summed E-state index contributed by atoms with van der Waals surface area (Å²) in [4.78, 5) is 25.8. The fraction of sp³-hybridized carbons (Fsp3) is 0.529. The Morgan fingerprint density at radius 1 is 1.09 bits per heavy atom. The third-order valence-corrected chi connectivity index (χ3v) is 4.14. The first-order valence-electron chi connectivity index (χ1n) is 8.11. The second-order valence-electron chi connectivity index (χ2n) is 5.63. The molecule has 0 heterocycles. The minimum atomic E-state index is -0.117. The van der Waals surface area contributed by atoms with Crippen LogP contribution < -0.4 is 10.6 Å². The number of nitrogens with zero attached hydrogens (tertiary/aromatic N) is 1. The molecule has 0 saturated heterocycles. The van der Waals surface area contributed by atoms with Crippen LogP contribution in [0.25, 0.3) is 0 Å². The summed E-state index contributed by atoms with van der Waals surface area (Å²) in [6, 6.07) is 7.24. The molecule has 22 heavy (non-hydrogen) atoms. The molecule has 5 nitrogen and oxygen atoms in total. The predicted octanol–water partition coefficient (Wildman–Crippen LogP) is 3.23. The summed E-state index contributed by atoms with van der Waals surface area (Å²) in [7, 11) is 0. The Balaban J connectivity index is 1.91. The zero-order valence-corrected chi connectivity index (χ0v) is 13.4. The Kier molecular flexibility index (Phi) is 5.81. The van der Waals surface area contributed by atoms with Crippen LogP contribution in [-0.4, -0.2) is 36.0 Å². The molecule has 0 radical (unpaired) electrons. The largest absolute Gasteiger partial charge is 0.349 e. The average Bonchev–Trinajstić information content (AvgIpc) is 3.02. The maximum absolute atomic E-state index is 12.1. The summed E-state index contributed by atoms with van der Waals surface area (Å²) in [5, 5.41) is 5.90. The maximum atomic E-state index is 12.1. The van der Waals surface area contributed by atoms with Gasteiger partial charge in [0.2, 0.25) is 0 Å². The molecule has 1 aliphatic carbocycles. The van der Waals surface area contributed by atoms with Crippen molar-refractivity contribution in [3.8, 4) is 0 Å². The van der Waals surface area contributed by atoms with Crippen molar-refractivity contribution in [2.45, 2.75) is 45.6 Å². The second kappa shape index (κ2) is 7.82. The molecule has 0 unspecified atom stereocenters. The van der Waals surface area contributed by atoms with Gasteiger partial charge >= 0.3 is 6.03 Å². The molecular weight excluding hydrogens is 278 g/mol. The van der Waals surface area contributed by atoms with Crippen LogP contribution in [0.1, 0.15) is 49.9 Å². The molecule has 1 aromatic rings. The smallest absolute Gasteiger partial charge is 0.321 e. The number of hydrogen-bond acceptors (Lipinski definition) is 2. The summed E-state index contributed by atoms with van der Waals surface area (Å²) >= 11 is 0. The van der Waals surface area contributed by atoms with Crippen molar-refractivity contribution in [1.82, 2.24) is 10.2 Å². The number of carbonyl (C=O) groups excluding carboxylic acids is 2. The van der Waals surface area contributed by atoms with Crippen LogP contribution >= 0.6 is 0 Å². The predicted molar refractivity (Wildman–Crippen MR) is 88.1 cm³/mol. The average molecular weight is 303 g/mol. The standard InChI is InChI=1S/C17H25N3O2/c1-3-20(4-2)17(22)19-15-11-9-13(10-12-15)16(21)18-14-7-5-6-8-14/h9-12,14H,3-8H2,1-2H3,(H,18,21)(H,19,22). The van der Waals surface area contributed by atoms with Crippen LogP contribution in [-0.2, 0) is 0 Å². The van der Waals surface area contributed by atoms with Gasteiger partial charge in [-0.3, -0.25) is 4.79 Å².